The van der Waals surface area contributed by atoms with E-state index in [1.54, 1.807) is 35.6 Å². The van der Waals surface area contributed by atoms with E-state index >= 15 is 0 Å². The lowest BCUT2D eigenvalue weighted by atomic mass is 10.1. The van der Waals surface area contributed by atoms with E-state index in [-0.39, 0.29) is 11.6 Å². The van der Waals surface area contributed by atoms with Crippen LogP contribution in [-0.4, -0.2) is 23.5 Å². The van der Waals surface area contributed by atoms with Crippen molar-refractivity contribution in [1.82, 2.24) is 4.90 Å². The largest absolute Gasteiger partial charge is 0.357 e. The number of hydrogen-bond donors (Lipinski definition) is 0. The molecule has 136 valence electrons. The van der Waals surface area contributed by atoms with Crippen molar-refractivity contribution in [2.24, 2.45) is 0 Å². The van der Waals surface area contributed by atoms with E-state index in [0.717, 1.165) is 13.6 Å². The lowest BCUT2D eigenvalue weighted by molar-refractivity contribution is 0.102. The van der Waals surface area contributed by atoms with Gasteiger partial charge >= 0.3 is 0 Å². The van der Waals surface area contributed by atoms with Crippen molar-refractivity contribution in [3.05, 3.63) is 102 Å². The molecule has 3 heterocycles. The van der Waals surface area contributed by atoms with Crippen LogP contribution in [0.2, 0.25) is 0 Å². The summed E-state index contributed by atoms with van der Waals surface area (Å²) in [6.07, 6.45) is 8.25. The minimum atomic E-state index is -0.168. The molecule has 0 fully saturated rings. The maximum Gasteiger partial charge on any atom is 0.199 e. The molecule has 2 aromatic heterocycles. The van der Waals surface area contributed by atoms with Gasteiger partial charge in [0, 0.05) is 48.7 Å². The summed E-state index contributed by atoms with van der Waals surface area (Å²) in [4.78, 5) is 27.4. The van der Waals surface area contributed by atoms with Crippen LogP contribution in [0.4, 0.5) is 0 Å². The summed E-state index contributed by atoms with van der Waals surface area (Å²) in [7, 11) is 2.00. The van der Waals surface area contributed by atoms with Crippen molar-refractivity contribution in [2.45, 2.75) is 0 Å². The van der Waals surface area contributed by atoms with E-state index in [1.807, 2.05) is 36.5 Å². The number of Topliss-reactive ketones (excluding diaryl/α,β-unsaturated/α-hetero) is 2. The first-order chi connectivity index (χ1) is 13.6. The first-order valence-electron chi connectivity index (χ1n) is 8.83. The fourth-order valence-electron chi connectivity index (χ4n) is 3.37. The maximum absolute atomic E-state index is 12.7. The minimum absolute atomic E-state index is 0.168. The molecular formula is C23H15NO2S2. The Morgan fingerprint density at radius 1 is 0.679 bits per heavy atom. The van der Waals surface area contributed by atoms with Crippen molar-refractivity contribution in [3.8, 4) is 0 Å². The van der Waals surface area contributed by atoms with Crippen LogP contribution in [-0.2, 0) is 0 Å². The normalized spacial score (nSPS) is 17.0. The summed E-state index contributed by atoms with van der Waals surface area (Å²) in [6.45, 7) is 0. The summed E-state index contributed by atoms with van der Waals surface area (Å²) in [6, 6.07) is 15.1. The predicted octanol–water partition coefficient (Wildman–Crippen LogP) is 3.45. The van der Waals surface area contributed by atoms with Crippen molar-refractivity contribution in [3.63, 3.8) is 0 Å². The molecule has 0 amide bonds. The van der Waals surface area contributed by atoms with E-state index in [1.165, 1.54) is 21.4 Å². The second kappa shape index (κ2) is 6.55. The molecule has 0 saturated carbocycles. The van der Waals surface area contributed by atoms with Gasteiger partial charge in [-0.15, -0.1) is 22.7 Å². The number of hydrogen-bond acceptors (Lipinski definition) is 5. The molecule has 0 bridgehead atoms. The molecule has 0 radical (unpaired) electrons. The summed E-state index contributed by atoms with van der Waals surface area (Å²) in [5, 5.41) is 0. The lowest BCUT2D eigenvalue weighted by Crippen LogP contribution is -2.10. The van der Waals surface area contributed by atoms with Crippen LogP contribution in [0, 0.1) is 9.06 Å². The van der Waals surface area contributed by atoms with Gasteiger partial charge in [0.2, 0.25) is 0 Å². The Hall–Kier alpha value is -3.02. The molecule has 3 nitrogen and oxygen atoms in total. The summed E-state index contributed by atoms with van der Waals surface area (Å²) in [5.41, 5.74) is 2.49. The van der Waals surface area contributed by atoms with Gasteiger partial charge in [-0.1, -0.05) is 24.3 Å². The number of rotatable bonds is 0. The smallest absolute Gasteiger partial charge is 0.199 e. The fourth-order valence-corrected chi connectivity index (χ4v) is 5.52. The number of benzene rings is 1. The van der Waals surface area contributed by atoms with Gasteiger partial charge < -0.3 is 4.90 Å². The number of fused-ring (bicyclic) bond motifs is 1. The SMILES string of the molecule is CN1C=CC(=c2cc/c(=c3\ccc(=C4C(=O)c5ccccc5C4=O)s3)s2)C=C1. The van der Waals surface area contributed by atoms with Crippen LogP contribution in [0.5, 0.6) is 0 Å². The molecule has 28 heavy (non-hydrogen) atoms. The van der Waals surface area contributed by atoms with Crippen LogP contribution < -0.4 is 9.06 Å². The van der Waals surface area contributed by atoms with E-state index in [2.05, 4.69) is 24.3 Å². The van der Waals surface area contributed by atoms with E-state index in [4.69, 9.17) is 0 Å². The minimum Gasteiger partial charge on any atom is -0.357 e. The number of thiophene rings is 2. The molecule has 5 heteroatoms. The highest BCUT2D eigenvalue weighted by Gasteiger charge is 2.33. The second-order valence-corrected chi connectivity index (χ2v) is 8.83. The van der Waals surface area contributed by atoms with Crippen molar-refractivity contribution in [2.75, 3.05) is 7.05 Å². The highest BCUT2D eigenvalue weighted by atomic mass is 32.1. The Kier molecular flexibility index (Phi) is 4.00. The molecule has 2 aliphatic rings. The number of carbonyl (C=O) groups is 2. The van der Waals surface area contributed by atoms with Crippen LogP contribution in [0.1, 0.15) is 20.7 Å². The zero-order valence-electron chi connectivity index (χ0n) is 15.0. The Morgan fingerprint density at radius 2 is 1.18 bits per heavy atom. The zero-order chi connectivity index (χ0) is 19.3. The molecule has 3 aromatic rings. The van der Waals surface area contributed by atoms with Gasteiger partial charge in [-0.3, -0.25) is 9.59 Å². The molecule has 1 aromatic carbocycles. The first-order valence-corrected chi connectivity index (χ1v) is 10.5. The number of nitrogens with zero attached hydrogens (tertiary/aromatic N) is 1. The van der Waals surface area contributed by atoms with Crippen LogP contribution >= 0.6 is 22.7 Å². The van der Waals surface area contributed by atoms with Gasteiger partial charge in [-0.05, 0) is 42.0 Å². The average molecular weight is 402 g/mol. The third-order valence-electron chi connectivity index (χ3n) is 4.83. The Morgan fingerprint density at radius 3 is 1.79 bits per heavy atom. The number of carbonyl (C=O) groups excluding carboxylic acids is 2. The number of ketones is 2. The van der Waals surface area contributed by atoms with Gasteiger partial charge in [0.15, 0.2) is 11.6 Å². The molecule has 0 saturated heterocycles. The Labute approximate surface area is 169 Å². The molecule has 1 aliphatic carbocycles. The second-order valence-electron chi connectivity index (χ2n) is 6.66. The molecule has 0 N–H and O–H groups in total. The molecule has 1 aliphatic heterocycles. The molecule has 5 rings (SSSR count). The van der Waals surface area contributed by atoms with Gasteiger partial charge in [0.1, 0.15) is 0 Å². The van der Waals surface area contributed by atoms with E-state index < -0.39 is 0 Å². The molecule has 0 unspecified atom stereocenters. The highest BCUT2D eigenvalue weighted by Crippen LogP contribution is 2.26. The third kappa shape index (κ3) is 2.71. The Bertz CT molecular complexity index is 1370. The van der Waals surface area contributed by atoms with Crippen LogP contribution in [0.25, 0.3) is 11.1 Å². The van der Waals surface area contributed by atoms with Crippen LogP contribution in [0.15, 0.2) is 73.1 Å². The monoisotopic (exact) mass is 401 g/mol. The quantitative estimate of drug-likeness (QED) is 0.579. The van der Waals surface area contributed by atoms with Crippen molar-refractivity contribution >= 4 is 45.4 Å². The van der Waals surface area contributed by atoms with Gasteiger partial charge in [-0.25, -0.2) is 0 Å². The van der Waals surface area contributed by atoms with Crippen molar-refractivity contribution < 1.29 is 9.59 Å². The lowest BCUT2D eigenvalue weighted by Gasteiger charge is -2.11. The molecule has 0 spiro atoms. The standard InChI is InChI=1S/C23H15NO2S2/c1-24-12-10-14(11-13-24)17-6-7-18(27-17)19-8-9-20(28-19)21-22(25)15-4-2-3-5-16(15)23(21)26/h2-13H,1H3/b19-18-. The Balaban J connectivity index is 1.68. The predicted molar refractivity (Wildman–Crippen MR) is 114 cm³/mol. The fraction of sp³-hybridized carbons (Fsp3) is 0.0435. The molecule has 0 atom stereocenters. The highest BCUT2D eigenvalue weighted by molar-refractivity contribution is 7.11. The average Bonchev–Trinajstić information content (AvgIpc) is 3.42. The van der Waals surface area contributed by atoms with Gasteiger partial charge in [0.25, 0.3) is 0 Å². The summed E-state index contributed by atoms with van der Waals surface area (Å²) >= 11 is 3.21. The van der Waals surface area contributed by atoms with E-state index in [0.29, 0.717) is 16.7 Å². The van der Waals surface area contributed by atoms with Crippen LogP contribution in [0.3, 0.4) is 0 Å². The van der Waals surface area contributed by atoms with Gasteiger partial charge in [0.05, 0.1) is 5.57 Å². The zero-order valence-corrected chi connectivity index (χ0v) is 16.6. The van der Waals surface area contributed by atoms with Gasteiger partial charge in [-0.2, -0.15) is 0 Å². The number of allylic oxidation sites excluding steroid dienone is 2. The maximum atomic E-state index is 12.7. The van der Waals surface area contributed by atoms with E-state index in [9.17, 15) is 9.59 Å². The topological polar surface area (TPSA) is 37.4 Å². The summed E-state index contributed by atoms with van der Waals surface area (Å²) < 4.78 is 4.13. The first kappa shape index (κ1) is 17.1. The summed E-state index contributed by atoms with van der Waals surface area (Å²) in [5.74, 6) is -0.337. The third-order valence-corrected chi connectivity index (χ3v) is 7.27. The molecular weight excluding hydrogens is 386 g/mol. The van der Waals surface area contributed by atoms with Crippen molar-refractivity contribution in [1.29, 1.82) is 0 Å².